The van der Waals surface area contributed by atoms with Gasteiger partial charge in [0.15, 0.2) is 0 Å². The number of methoxy groups -OCH3 is 1. The number of carbonyl (C=O) groups is 1. The van der Waals surface area contributed by atoms with Gasteiger partial charge in [0.05, 0.1) is 12.4 Å². The molecule has 0 aliphatic carbocycles. The first-order chi connectivity index (χ1) is 9.61. The van der Waals surface area contributed by atoms with Gasteiger partial charge >= 0.3 is 0 Å². The molecule has 20 heavy (non-hydrogen) atoms. The molecular weight excluding hydrogens is 272 g/mol. The molecular formula is C15H22N2O2S. The first kappa shape index (κ1) is 15.2. The molecule has 0 spiro atoms. The second-order valence-corrected chi connectivity index (χ2v) is 6.45. The lowest BCUT2D eigenvalue weighted by molar-refractivity contribution is -0.130. The zero-order valence-electron chi connectivity index (χ0n) is 12.3. The van der Waals surface area contributed by atoms with E-state index in [1.54, 1.807) is 18.9 Å². The Morgan fingerprint density at radius 2 is 2.15 bits per heavy atom. The minimum atomic E-state index is -0.0750. The highest BCUT2D eigenvalue weighted by molar-refractivity contribution is 8.00. The van der Waals surface area contributed by atoms with Gasteiger partial charge in [-0.05, 0) is 44.2 Å². The van der Waals surface area contributed by atoms with Gasteiger partial charge in [0.25, 0.3) is 0 Å². The van der Waals surface area contributed by atoms with Gasteiger partial charge in [-0.2, -0.15) is 0 Å². The summed E-state index contributed by atoms with van der Waals surface area (Å²) in [5.41, 5.74) is 0. The Hall–Kier alpha value is -1.20. The average Bonchev–Trinajstić information content (AvgIpc) is 3.00. The van der Waals surface area contributed by atoms with Gasteiger partial charge in [0.1, 0.15) is 5.75 Å². The fraction of sp³-hybridized carbons (Fsp3) is 0.533. The number of thioether (sulfide) groups is 1. The molecule has 110 valence electrons. The first-order valence-corrected chi connectivity index (χ1v) is 7.78. The highest BCUT2D eigenvalue weighted by atomic mass is 32.2. The van der Waals surface area contributed by atoms with Crippen LogP contribution in [0.4, 0.5) is 0 Å². The number of rotatable bonds is 5. The third kappa shape index (κ3) is 3.67. The van der Waals surface area contributed by atoms with Gasteiger partial charge in [-0.1, -0.05) is 0 Å². The maximum atomic E-state index is 12.4. The summed E-state index contributed by atoms with van der Waals surface area (Å²) >= 11 is 1.59. The molecule has 2 unspecified atom stereocenters. The van der Waals surface area contributed by atoms with E-state index < -0.39 is 0 Å². The van der Waals surface area contributed by atoms with Crippen molar-refractivity contribution in [3.63, 3.8) is 0 Å². The van der Waals surface area contributed by atoms with Crippen LogP contribution in [0.1, 0.15) is 13.3 Å². The summed E-state index contributed by atoms with van der Waals surface area (Å²) in [5, 5.41) is 3.22. The molecule has 1 aromatic carbocycles. The van der Waals surface area contributed by atoms with Crippen LogP contribution >= 0.6 is 11.8 Å². The van der Waals surface area contributed by atoms with E-state index in [9.17, 15) is 4.79 Å². The second-order valence-electron chi connectivity index (χ2n) is 5.03. The molecule has 1 amide bonds. The number of likely N-dealkylation sites (N-methyl/N-ethyl adjacent to an activating group) is 1. The van der Waals surface area contributed by atoms with Crippen LogP contribution in [0.5, 0.6) is 5.75 Å². The molecule has 0 bridgehead atoms. The fourth-order valence-corrected chi connectivity index (χ4v) is 3.31. The Morgan fingerprint density at radius 3 is 2.70 bits per heavy atom. The average molecular weight is 294 g/mol. The van der Waals surface area contributed by atoms with Gasteiger partial charge in [0.2, 0.25) is 5.91 Å². The topological polar surface area (TPSA) is 41.6 Å². The van der Waals surface area contributed by atoms with Crippen LogP contribution in [-0.4, -0.2) is 49.3 Å². The SMILES string of the molecule is COc1ccc(SC(C)C(=O)N(C)C2CCNC2)cc1. The van der Waals surface area contributed by atoms with E-state index in [2.05, 4.69) is 5.32 Å². The summed E-state index contributed by atoms with van der Waals surface area (Å²) in [5.74, 6) is 1.03. The largest absolute Gasteiger partial charge is 0.497 e. The number of hydrogen-bond acceptors (Lipinski definition) is 4. The quantitative estimate of drug-likeness (QED) is 0.843. The number of carbonyl (C=O) groups excluding carboxylic acids is 1. The van der Waals surface area contributed by atoms with E-state index in [-0.39, 0.29) is 11.2 Å². The van der Waals surface area contributed by atoms with Gasteiger partial charge in [-0.25, -0.2) is 0 Å². The number of nitrogens with one attached hydrogen (secondary N) is 1. The van der Waals surface area contributed by atoms with Crippen molar-refractivity contribution < 1.29 is 9.53 Å². The molecule has 1 aromatic rings. The minimum absolute atomic E-state index is 0.0750. The lowest BCUT2D eigenvalue weighted by Crippen LogP contribution is -2.42. The van der Waals surface area contributed by atoms with Gasteiger partial charge in [0, 0.05) is 24.5 Å². The number of benzene rings is 1. The van der Waals surface area contributed by atoms with E-state index in [4.69, 9.17) is 4.74 Å². The number of amides is 1. The van der Waals surface area contributed by atoms with Gasteiger partial charge in [-0.3, -0.25) is 4.79 Å². The summed E-state index contributed by atoms with van der Waals surface area (Å²) in [4.78, 5) is 15.4. The molecule has 1 aliphatic rings. The van der Waals surface area contributed by atoms with Crippen molar-refractivity contribution in [3.05, 3.63) is 24.3 Å². The maximum Gasteiger partial charge on any atom is 0.235 e. The molecule has 1 heterocycles. The zero-order chi connectivity index (χ0) is 14.5. The Balaban J connectivity index is 1.92. The molecule has 2 rings (SSSR count). The molecule has 1 fully saturated rings. The van der Waals surface area contributed by atoms with Gasteiger partial charge < -0.3 is 15.0 Å². The van der Waals surface area contributed by atoms with Crippen LogP contribution < -0.4 is 10.1 Å². The van der Waals surface area contributed by atoms with Crippen molar-refractivity contribution in [2.45, 2.75) is 29.5 Å². The van der Waals surface area contributed by atoms with Crippen LogP contribution in [0.15, 0.2) is 29.2 Å². The van der Waals surface area contributed by atoms with Crippen molar-refractivity contribution >= 4 is 17.7 Å². The molecule has 1 N–H and O–H groups in total. The Labute approximate surface area is 124 Å². The molecule has 0 radical (unpaired) electrons. The zero-order valence-corrected chi connectivity index (χ0v) is 13.1. The normalized spacial score (nSPS) is 19.6. The fourth-order valence-electron chi connectivity index (χ4n) is 2.35. The summed E-state index contributed by atoms with van der Waals surface area (Å²) in [6.45, 7) is 3.88. The summed E-state index contributed by atoms with van der Waals surface area (Å²) in [7, 11) is 3.56. The molecule has 0 saturated carbocycles. The summed E-state index contributed by atoms with van der Waals surface area (Å²) in [6, 6.07) is 8.16. The third-order valence-corrected chi connectivity index (χ3v) is 4.75. The Kier molecular flexibility index (Phi) is 5.31. The van der Waals surface area contributed by atoms with E-state index in [0.29, 0.717) is 6.04 Å². The van der Waals surface area contributed by atoms with Crippen LogP contribution in [0.25, 0.3) is 0 Å². The van der Waals surface area contributed by atoms with E-state index in [0.717, 1.165) is 30.2 Å². The van der Waals surface area contributed by atoms with Crippen LogP contribution in [-0.2, 0) is 4.79 Å². The van der Waals surface area contributed by atoms with Crippen molar-refractivity contribution in [3.8, 4) is 5.75 Å². The number of ether oxygens (including phenoxy) is 1. The molecule has 5 heteroatoms. The Morgan fingerprint density at radius 1 is 1.45 bits per heavy atom. The number of hydrogen-bond donors (Lipinski definition) is 1. The third-order valence-electron chi connectivity index (χ3n) is 3.65. The van der Waals surface area contributed by atoms with Crippen LogP contribution in [0.2, 0.25) is 0 Å². The maximum absolute atomic E-state index is 12.4. The summed E-state index contributed by atoms with van der Waals surface area (Å²) in [6.07, 6.45) is 1.04. The van der Waals surface area contributed by atoms with Crippen molar-refractivity contribution in [2.75, 3.05) is 27.2 Å². The lowest BCUT2D eigenvalue weighted by Gasteiger charge is -2.26. The van der Waals surface area contributed by atoms with E-state index >= 15 is 0 Å². The summed E-state index contributed by atoms with van der Waals surface area (Å²) < 4.78 is 5.14. The smallest absolute Gasteiger partial charge is 0.235 e. The van der Waals surface area contributed by atoms with E-state index in [1.807, 2.05) is 43.1 Å². The Bertz CT molecular complexity index is 444. The second kappa shape index (κ2) is 6.99. The molecule has 2 atom stereocenters. The highest BCUT2D eigenvalue weighted by Gasteiger charge is 2.26. The molecule has 1 saturated heterocycles. The monoisotopic (exact) mass is 294 g/mol. The van der Waals surface area contributed by atoms with Crippen molar-refractivity contribution in [1.82, 2.24) is 10.2 Å². The van der Waals surface area contributed by atoms with Crippen molar-refractivity contribution in [2.24, 2.45) is 0 Å². The van der Waals surface area contributed by atoms with Crippen LogP contribution in [0, 0.1) is 0 Å². The lowest BCUT2D eigenvalue weighted by atomic mass is 10.2. The number of nitrogens with zero attached hydrogens (tertiary/aromatic N) is 1. The highest BCUT2D eigenvalue weighted by Crippen LogP contribution is 2.26. The molecule has 4 nitrogen and oxygen atoms in total. The standard InChI is InChI=1S/C15H22N2O2S/c1-11(15(18)17(2)12-8-9-16-10-12)20-14-6-4-13(19-3)5-7-14/h4-7,11-12,16H,8-10H2,1-3H3. The molecule has 0 aromatic heterocycles. The first-order valence-electron chi connectivity index (χ1n) is 6.90. The van der Waals surface area contributed by atoms with E-state index in [1.165, 1.54) is 0 Å². The minimum Gasteiger partial charge on any atom is -0.497 e. The molecule has 1 aliphatic heterocycles. The van der Waals surface area contributed by atoms with Crippen molar-refractivity contribution in [1.29, 1.82) is 0 Å². The predicted octanol–water partition coefficient (Wildman–Crippen LogP) is 2.00. The predicted molar refractivity (Wildman–Crippen MR) is 82.4 cm³/mol. The van der Waals surface area contributed by atoms with Gasteiger partial charge in [-0.15, -0.1) is 11.8 Å². The van der Waals surface area contributed by atoms with Crippen LogP contribution in [0.3, 0.4) is 0 Å².